The van der Waals surface area contributed by atoms with Gasteiger partial charge in [0.05, 0.1) is 24.1 Å². The van der Waals surface area contributed by atoms with Crippen LogP contribution >= 0.6 is 0 Å². The lowest BCUT2D eigenvalue weighted by Gasteiger charge is -2.09. The lowest BCUT2D eigenvalue weighted by Crippen LogP contribution is -2.13. The molecule has 0 bridgehead atoms. The zero-order chi connectivity index (χ0) is 18.8. The van der Waals surface area contributed by atoms with Crippen LogP contribution in [0.5, 0.6) is 0 Å². The van der Waals surface area contributed by atoms with E-state index in [1.54, 1.807) is 12.5 Å². The summed E-state index contributed by atoms with van der Waals surface area (Å²) in [5.41, 5.74) is 5.19. The lowest BCUT2D eigenvalue weighted by atomic mass is 10.1. The first-order valence-electron chi connectivity index (χ1n) is 8.72. The summed E-state index contributed by atoms with van der Waals surface area (Å²) in [5, 5.41) is 9.89. The molecule has 6 heteroatoms. The van der Waals surface area contributed by atoms with E-state index < -0.39 is 0 Å². The van der Waals surface area contributed by atoms with Gasteiger partial charge < -0.3 is 14.3 Å². The monoisotopic (exact) mass is 360 g/mol. The number of aromatic nitrogens is 3. The van der Waals surface area contributed by atoms with Gasteiger partial charge >= 0.3 is 0 Å². The number of hydrogen-bond acceptors (Lipinski definition) is 3. The molecule has 0 unspecified atom stereocenters. The largest absolute Gasteiger partial charge is 0.467 e. The molecule has 2 N–H and O–H groups in total. The Labute approximate surface area is 156 Å². The quantitative estimate of drug-likeness (QED) is 0.554. The van der Waals surface area contributed by atoms with Crippen LogP contribution in [-0.2, 0) is 6.54 Å². The van der Waals surface area contributed by atoms with Crippen molar-refractivity contribution >= 4 is 11.6 Å². The average Bonchev–Trinajstić information content (AvgIpc) is 3.41. The number of anilines is 1. The number of carbonyl (C=O) groups excluding carboxylic acids is 1. The Bertz CT molecular complexity index is 1060. The smallest absolute Gasteiger partial charge is 0.257 e. The molecule has 0 aliphatic rings. The molecular weight excluding hydrogens is 340 g/mol. The van der Waals surface area contributed by atoms with Gasteiger partial charge in [0.25, 0.3) is 5.91 Å². The number of hydrogen-bond donors (Lipinski definition) is 2. The van der Waals surface area contributed by atoms with E-state index in [1.165, 1.54) is 0 Å². The van der Waals surface area contributed by atoms with Gasteiger partial charge in [-0.05, 0) is 50.2 Å². The molecule has 6 nitrogen and oxygen atoms in total. The van der Waals surface area contributed by atoms with Crippen LogP contribution in [0.1, 0.15) is 27.5 Å². The number of aryl methyl sites for hydroxylation is 1. The third kappa shape index (κ3) is 3.42. The number of furan rings is 1. The summed E-state index contributed by atoms with van der Waals surface area (Å²) in [4.78, 5) is 12.8. The molecule has 0 spiro atoms. The molecule has 136 valence electrons. The highest BCUT2D eigenvalue weighted by molar-refractivity contribution is 6.05. The van der Waals surface area contributed by atoms with Gasteiger partial charge in [-0.3, -0.25) is 9.89 Å². The standard InChI is InChI=1S/C21H20N4O2/c1-14-11-19(15(2)25(14)13-18-7-4-10-27-18)21(26)23-17-6-3-5-16(12-17)20-8-9-22-24-20/h3-12H,13H2,1-2H3,(H,22,24)(H,23,26). The predicted octanol–water partition coefficient (Wildman–Crippen LogP) is 4.39. The molecule has 0 aliphatic heterocycles. The minimum Gasteiger partial charge on any atom is -0.467 e. The Morgan fingerprint density at radius 3 is 2.81 bits per heavy atom. The van der Waals surface area contributed by atoms with Crippen molar-refractivity contribution in [3.63, 3.8) is 0 Å². The SMILES string of the molecule is Cc1cc(C(=O)Nc2cccc(-c3ccn[nH]3)c2)c(C)n1Cc1ccco1. The van der Waals surface area contributed by atoms with E-state index in [9.17, 15) is 4.79 Å². The van der Waals surface area contributed by atoms with Crippen molar-refractivity contribution in [2.45, 2.75) is 20.4 Å². The molecule has 0 aliphatic carbocycles. The third-order valence-corrected chi connectivity index (χ3v) is 4.64. The molecular formula is C21H20N4O2. The highest BCUT2D eigenvalue weighted by atomic mass is 16.3. The summed E-state index contributed by atoms with van der Waals surface area (Å²) in [6, 6.07) is 15.3. The Kier molecular flexibility index (Phi) is 4.38. The molecule has 1 amide bonds. The zero-order valence-electron chi connectivity index (χ0n) is 15.2. The summed E-state index contributed by atoms with van der Waals surface area (Å²) in [5.74, 6) is 0.728. The van der Waals surface area contributed by atoms with Gasteiger partial charge in [0.1, 0.15) is 5.76 Å². The second-order valence-corrected chi connectivity index (χ2v) is 6.46. The average molecular weight is 360 g/mol. The summed E-state index contributed by atoms with van der Waals surface area (Å²) in [6.45, 7) is 4.55. The molecule has 0 saturated carbocycles. The first-order chi connectivity index (χ1) is 13.1. The van der Waals surface area contributed by atoms with Crippen LogP contribution in [0.25, 0.3) is 11.3 Å². The van der Waals surface area contributed by atoms with E-state index in [0.29, 0.717) is 12.1 Å². The first kappa shape index (κ1) is 16.9. The number of amides is 1. The maximum Gasteiger partial charge on any atom is 0.257 e. The Morgan fingerprint density at radius 1 is 1.19 bits per heavy atom. The number of nitrogens with one attached hydrogen (secondary N) is 2. The Hall–Kier alpha value is -3.54. The van der Waals surface area contributed by atoms with Crippen molar-refractivity contribution in [2.24, 2.45) is 0 Å². The first-order valence-corrected chi connectivity index (χ1v) is 8.72. The summed E-state index contributed by atoms with van der Waals surface area (Å²) in [7, 11) is 0. The third-order valence-electron chi connectivity index (χ3n) is 4.64. The molecule has 0 fully saturated rings. The summed E-state index contributed by atoms with van der Waals surface area (Å²) >= 11 is 0. The fourth-order valence-electron chi connectivity index (χ4n) is 3.21. The molecule has 0 saturated heterocycles. The van der Waals surface area contributed by atoms with Crippen LogP contribution in [0.15, 0.2) is 65.4 Å². The van der Waals surface area contributed by atoms with Crippen LogP contribution in [-0.4, -0.2) is 20.7 Å². The van der Waals surface area contributed by atoms with Crippen LogP contribution < -0.4 is 5.32 Å². The normalized spacial score (nSPS) is 10.9. The molecule has 4 rings (SSSR count). The number of benzene rings is 1. The van der Waals surface area contributed by atoms with E-state index in [2.05, 4.69) is 20.1 Å². The molecule has 1 aromatic carbocycles. The fraction of sp³-hybridized carbons (Fsp3) is 0.143. The topological polar surface area (TPSA) is 75.8 Å². The van der Waals surface area contributed by atoms with Crippen molar-refractivity contribution in [3.05, 3.63) is 83.7 Å². The van der Waals surface area contributed by atoms with E-state index in [0.717, 1.165) is 34.1 Å². The van der Waals surface area contributed by atoms with Crippen molar-refractivity contribution in [1.82, 2.24) is 14.8 Å². The number of nitrogens with zero attached hydrogens (tertiary/aromatic N) is 2. The van der Waals surface area contributed by atoms with Gasteiger partial charge in [-0.25, -0.2) is 0 Å². The maximum absolute atomic E-state index is 12.8. The van der Waals surface area contributed by atoms with Crippen LogP contribution in [0.3, 0.4) is 0 Å². The van der Waals surface area contributed by atoms with Crippen molar-refractivity contribution in [2.75, 3.05) is 5.32 Å². The molecule has 3 heterocycles. The van der Waals surface area contributed by atoms with E-state index in [-0.39, 0.29) is 5.91 Å². The number of carbonyl (C=O) groups is 1. The maximum atomic E-state index is 12.8. The van der Waals surface area contributed by atoms with Gasteiger partial charge in [-0.2, -0.15) is 5.10 Å². The van der Waals surface area contributed by atoms with Crippen LogP contribution in [0, 0.1) is 13.8 Å². The van der Waals surface area contributed by atoms with Gasteiger partial charge in [0.15, 0.2) is 0 Å². The minimum absolute atomic E-state index is 0.129. The van der Waals surface area contributed by atoms with E-state index in [1.807, 2.05) is 62.4 Å². The van der Waals surface area contributed by atoms with Gasteiger partial charge in [0, 0.05) is 28.8 Å². The molecule has 3 aromatic heterocycles. The second kappa shape index (κ2) is 6.99. The highest BCUT2D eigenvalue weighted by Crippen LogP contribution is 2.22. The second-order valence-electron chi connectivity index (χ2n) is 6.46. The van der Waals surface area contributed by atoms with E-state index >= 15 is 0 Å². The van der Waals surface area contributed by atoms with Crippen LogP contribution in [0.4, 0.5) is 5.69 Å². The van der Waals surface area contributed by atoms with E-state index in [4.69, 9.17) is 4.42 Å². The molecule has 0 atom stereocenters. The van der Waals surface area contributed by atoms with Gasteiger partial charge in [-0.15, -0.1) is 0 Å². The molecule has 27 heavy (non-hydrogen) atoms. The Balaban J connectivity index is 1.56. The van der Waals surface area contributed by atoms with Gasteiger partial charge in [0.2, 0.25) is 0 Å². The van der Waals surface area contributed by atoms with Crippen LogP contribution in [0.2, 0.25) is 0 Å². The predicted molar refractivity (Wildman–Crippen MR) is 104 cm³/mol. The number of rotatable bonds is 5. The zero-order valence-corrected chi connectivity index (χ0v) is 15.2. The molecule has 0 radical (unpaired) electrons. The summed E-state index contributed by atoms with van der Waals surface area (Å²) < 4.78 is 7.51. The number of H-pyrrole nitrogens is 1. The fourth-order valence-corrected chi connectivity index (χ4v) is 3.21. The Morgan fingerprint density at radius 2 is 2.07 bits per heavy atom. The summed E-state index contributed by atoms with van der Waals surface area (Å²) in [6.07, 6.45) is 3.36. The minimum atomic E-state index is -0.129. The van der Waals surface area contributed by atoms with Crippen molar-refractivity contribution < 1.29 is 9.21 Å². The van der Waals surface area contributed by atoms with Crippen molar-refractivity contribution in [1.29, 1.82) is 0 Å². The van der Waals surface area contributed by atoms with Crippen molar-refractivity contribution in [3.8, 4) is 11.3 Å². The number of aromatic amines is 1. The highest BCUT2D eigenvalue weighted by Gasteiger charge is 2.17. The lowest BCUT2D eigenvalue weighted by molar-refractivity contribution is 0.102. The molecule has 4 aromatic rings. The van der Waals surface area contributed by atoms with Gasteiger partial charge in [-0.1, -0.05) is 12.1 Å².